The monoisotopic (exact) mass is 361 g/mol. The molecule has 0 radical (unpaired) electrons. The molecule has 1 aliphatic carbocycles. The molecule has 5 heteroatoms. The van der Waals surface area contributed by atoms with Crippen LogP contribution in [-0.2, 0) is 13.0 Å². The number of benzene rings is 2. The van der Waals surface area contributed by atoms with Crippen molar-refractivity contribution < 1.29 is 9.18 Å². The van der Waals surface area contributed by atoms with E-state index < -0.39 is 0 Å². The molecule has 0 unspecified atom stereocenters. The summed E-state index contributed by atoms with van der Waals surface area (Å²) in [5, 5.41) is 3.96. The van der Waals surface area contributed by atoms with E-state index >= 15 is 0 Å². The molecule has 1 aromatic heterocycles. The molecule has 0 spiro atoms. The van der Waals surface area contributed by atoms with E-state index in [1.54, 1.807) is 6.07 Å². The lowest BCUT2D eigenvalue weighted by Crippen LogP contribution is -2.32. The number of carbonyl (C=O) groups is 1. The molecule has 1 aliphatic heterocycles. The zero-order valence-corrected chi connectivity index (χ0v) is 14.9. The molecule has 136 valence electrons. The van der Waals surface area contributed by atoms with E-state index in [9.17, 15) is 9.18 Å². The first-order valence-corrected chi connectivity index (χ1v) is 9.40. The van der Waals surface area contributed by atoms with Gasteiger partial charge < -0.3 is 10.2 Å². The molecular weight excluding hydrogens is 341 g/mol. The zero-order chi connectivity index (χ0) is 18.4. The Morgan fingerprint density at radius 3 is 2.81 bits per heavy atom. The van der Waals surface area contributed by atoms with Crippen LogP contribution in [0.25, 0.3) is 10.9 Å². The van der Waals surface area contributed by atoms with Gasteiger partial charge >= 0.3 is 0 Å². The van der Waals surface area contributed by atoms with Crippen LogP contribution < -0.4 is 10.2 Å². The third-order valence-electron chi connectivity index (χ3n) is 5.36. The number of carbonyl (C=O) groups excluding carboxylic acids is 1. The van der Waals surface area contributed by atoms with Gasteiger partial charge in [0.1, 0.15) is 11.6 Å². The minimum atomic E-state index is -0.190. The summed E-state index contributed by atoms with van der Waals surface area (Å²) in [6.07, 6.45) is 2.88. The van der Waals surface area contributed by atoms with Crippen LogP contribution in [0.1, 0.15) is 34.3 Å². The average Bonchev–Trinajstić information content (AvgIpc) is 3.50. The Bertz CT molecular complexity index is 1040. The first-order valence-electron chi connectivity index (χ1n) is 9.40. The van der Waals surface area contributed by atoms with Crippen LogP contribution in [0, 0.1) is 5.82 Å². The molecule has 2 aromatic carbocycles. The number of hydrogen-bond acceptors (Lipinski definition) is 3. The maximum atomic E-state index is 13.5. The van der Waals surface area contributed by atoms with Crippen molar-refractivity contribution in [2.24, 2.45) is 0 Å². The Kier molecular flexibility index (Phi) is 3.81. The number of rotatable bonds is 3. The second-order valence-electron chi connectivity index (χ2n) is 7.38. The summed E-state index contributed by atoms with van der Waals surface area (Å²) in [5.41, 5.74) is 3.66. The molecule has 0 saturated heterocycles. The van der Waals surface area contributed by atoms with Gasteiger partial charge in [-0.05, 0) is 54.7 Å². The van der Waals surface area contributed by atoms with Gasteiger partial charge in [0.05, 0.1) is 11.1 Å². The van der Waals surface area contributed by atoms with Crippen LogP contribution >= 0.6 is 0 Å². The molecule has 3 aromatic rings. The molecule has 1 amide bonds. The Morgan fingerprint density at radius 1 is 1.11 bits per heavy atom. The Hall–Kier alpha value is -2.95. The molecule has 4 nitrogen and oxygen atoms in total. The van der Waals surface area contributed by atoms with Crippen LogP contribution in [0.4, 0.5) is 10.2 Å². The lowest BCUT2D eigenvalue weighted by Gasteiger charge is -2.30. The SMILES string of the molecule is O=C(NC1CC1)c1cc(N2CCc3cc(F)ccc3C2)nc2ccccc12. The number of anilines is 1. The smallest absolute Gasteiger partial charge is 0.252 e. The summed E-state index contributed by atoms with van der Waals surface area (Å²) in [6, 6.07) is 14.9. The van der Waals surface area contributed by atoms with E-state index in [-0.39, 0.29) is 11.7 Å². The summed E-state index contributed by atoms with van der Waals surface area (Å²) >= 11 is 0. The molecule has 1 saturated carbocycles. The van der Waals surface area contributed by atoms with Gasteiger partial charge in [0, 0.05) is 24.5 Å². The first-order chi connectivity index (χ1) is 13.2. The van der Waals surface area contributed by atoms with Crippen molar-refractivity contribution in [1.29, 1.82) is 0 Å². The zero-order valence-electron chi connectivity index (χ0n) is 14.9. The number of amides is 1. The van der Waals surface area contributed by atoms with E-state index in [0.717, 1.165) is 53.7 Å². The Morgan fingerprint density at radius 2 is 1.96 bits per heavy atom. The van der Waals surface area contributed by atoms with Gasteiger partial charge in [0.2, 0.25) is 0 Å². The highest BCUT2D eigenvalue weighted by molar-refractivity contribution is 6.07. The van der Waals surface area contributed by atoms with Gasteiger partial charge in [-0.1, -0.05) is 24.3 Å². The van der Waals surface area contributed by atoms with E-state index in [1.165, 1.54) is 6.07 Å². The summed E-state index contributed by atoms with van der Waals surface area (Å²) < 4.78 is 13.5. The molecule has 27 heavy (non-hydrogen) atoms. The highest BCUT2D eigenvalue weighted by atomic mass is 19.1. The summed E-state index contributed by atoms with van der Waals surface area (Å²) in [6.45, 7) is 1.43. The van der Waals surface area contributed by atoms with E-state index in [0.29, 0.717) is 18.2 Å². The maximum absolute atomic E-state index is 13.5. The molecule has 0 bridgehead atoms. The van der Waals surface area contributed by atoms with E-state index in [2.05, 4.69) is 10.2 Å². The lowest BCUT2D eigenvalue weighted by atomic mass is 9.99. The number of hydrogen-bond donors (Lipinski definition) is 1. The number of halogens is 1. The van der Waals surface area contributed by atoms with Gasteiger partial charge in [-0.25, -0.2) is 9.37 Å². The molecule has 1 fully saturated rings. The standard InChI is InChI=1S/C22H20FN3O/c23-16-6-5-15-13-26(10-9-14(15)11-16)21-12-19(22(27)24-17-7-8-17)18-3-1-2-4-20(18)25-21/h1-6,11-12,17H,7-10,13H2,(H,24,27). The molecule has 2 aliphatic rings. The van der Waals surface area contributed by atoms with Crippen molar-refractivity contribution in [3.63, 3.8) is 0 Å². The minimum Gasteiger partial charge on any atom is -0.352 e. The van der Waals surface area contributed by atoms with Gasteiger partial charge in [-0.2, -0.15) is 0 Å². The quantitative estimate of drug-likeness (QED) is 0.771. The fraction of sp³-hybridized carbons (Fsp3) is 0.273. The highest BCUT2D eigenvalue weighted by Gasteiger charge is 2.26. The van der Waals surface area contributed by atoms with Gasteiger partial charge in [-0.15, -0.1) is 0 Å². The predicted molar refractivity (Wildman–Crippen MR) is 103 cm³/mol. The molecular formula is C22H20FN3O. The normalized spacial score (nSPS) is 16.3. The van der Waals surface area contributed by atoms with Gasteiger partial charge in [0.25, 0.3) is 5.91 Å². The molecule has 5 rings (SSSR count). The second-order valence-corrected chi connectivity index (χ2v) is 7.38. The molecule has 2 heterocycles. The number of para-hydroxylation sites is 1. The van der Waals surface area contributed by atoms with Crippen molar-refractivity contribution in [2.75, 3.05) is 11.4 Å². The van der Waals surface area contributed by atoms with Crippen LogP contribution in [0.3, 0.4) is 0 Å². The van der Waals surface area contributed by atoms with Gasteiger partial charge in [-0.3, -0.25) is 4.79 Å². The van der Waals surface area contributed by atoms with Crippen molar-refractivity contribution in [2.45, 2.75) is 31.8 Å². The second kappa shape index (κ2) is 6.34. The minimum absolute atomic E-state index is 0.0307. The number of nitrogens with zero attached hydrogens (tertiary/aromatic N) is 2. The highest BCUT2D eigenvalue weighted by Crippen LogP contribution is 2.28. The van der Waals surface area contributed by atoms with Crippen molar-refractivity contribution in [1.82, 2.24) is 10.3 Å². The van der Waals surface area contributed by atoms with Gasteiger partial charge in [0.15, 0.2) is 0 Å². The van der Waals surface area contributed by atoms with Crippen LogP contribution in [0.5, 0.6) is 0 Å². The van der Waals surface area contributed by atoms with Crippen LogP contribution in [-0.4, -0.2) is 23.5 Å². The third-order valence-corrected chi connectivity index (χ3v) is 5.36. The van der Waals surface area contributed by atoms with Crippen molar-refractivity contribution >= 4 is 22.6 Å². The van der Waals surface area contributed by atoms with Crippen molar-refractivity contribution in [3.05, 3.63) is 71.0 Å². The summed E-state index contributed by atoms with van der Waals surface area (Å²) in [7, 11) is 0. The topological polar surface area (TPSA) is 45.2 Å². The fourth-order valence-corrected chi connectivity index (χ4v) is 3.72. The summed E-state index contributed by atoms with van der Waals surface area (Å²) in [5.74, 6) is 0.575. The Balaban J connectivity index is 1.53. The summed E-state index contributed by atoms with van der Waals surface area (Å²) in [4.78, 5) is 19.7. The van der Waals surface area contributed by atoms with E-state index in [4.69, 9.17) is 4.98 Å². The van der Waals surface area contributed by atoms with Crippen molar-refractivity contribution in [3.8, 4) is 0 Å². The largest absolute Gasteiger partial charge is 0.352 e. The molecule has 0 atom stereocenters. The number of nitrogens with one attached hydrogen (secondary N) is 1. The maximum Gasteiger partial charge on any atom is 0.252 e. The number of aromatic nitrogens is 1. The first kappa shape index (κ1) is 16.2. The number of pyridine rings is 1. The van der Waals surface area contributed by atoms with E-state index in [1.807, 2.05) is 36.4 Å². The molecule has 1 N–H and O–H groups in total. The van der Waals surface area contributed by atoms with Crippen LogP contribution in [0.15, 0.2) is 48.5 Å². The average molecular weight is 361 g/mol. The third kappa shape index (κ3) is 3.14. The number of fused-ring (bicyclic) bond motifs is 2. The Labute approximate surface area is 157 Å². The lowest BCUT2D eigenvalue weighted by molar-refractivity contribution is 0.0952. The fourth-order valence-electron chi connectivity index (χ4n) is 3.72. The van der Waals surface area contributed by atoms with Crippen LogP contribution in [0.2, 0.25) is 0 Å². The predicted octanol–water partition coefficient (Wildman–Crippen LogP) is 3.83.